The summed E-state index contributed by atoms with van der Waals surface area (Å²) in [6, 6.07) is 6.38. The van der Waals surface area contributed by atoms with Gasteiger partial charge in [0, 0.05) is 13.1 Å². The van der Waals surface area contributed by atoms with Gasteiger partial charge in [0.05, 0.1) is 6.61 Å². The Morgan fingerprint density at radius 2 is 2.00 bits per heavy atom. The van der Waals surface area contributed by atoms with Crippen molar-refractivity contribution in [1.29, 1.82) is 0 Å². The van der Waals surface area contributed by atoms with Gasteiger partial charge >= 0.3 is 0 Å². The Bertz CT molecular complexity index is 345. The molecule has 0 atom stereocenters. The summed E-state index contributed by atoms with van der Waals surface area (Å²) in [5, 5.41) is 0. The van der Waals surface area contributed by atoms with Crippen LogP contribution in [0.1, 0.15) is 24.0 Å². The molecular weight excluding hydrogens is 198 g/mol. The molecule has 2 rings (SSSR count). The molecular formula is C14H21NO. The fraction of sp³-hybridized carbons (Fsp3) is 0.571. The van der Waals surface area contributed by atoms with E-state index in [0.717, 1.165) is 18.8 Å². The summed E-state index contributed by atoms with van der Waals surface area (Å²) in [6.07, 6.45) is 2.41. The van der Waals surface area contributed by atoms with Gasteiger partial charge in [0.25, 0.3) is 0 Å². The van der Waals surface area contributed by atoms with Crippen LogP contribution in [0.25, 0.3) is 0 Å². The first kappa shape index (κ1) is 11.5. The van der Waals surface area contributed by atoms with E-state index in [0.29, 0.717) is 0 Å². The van der Waals surface area contributed by atoms with Crippen LogP contribution in [0.5, 0.6) is 5.75 Å². The van der Waals surface area contributed by atoms with E-state index in [1.54, 1.807) is 0 Å². The number of ether oxygens (including phenoxy) is 1. The van der Waals surface area contributed by atoms with Crippen LogP contribution in [0.2, 0.25) is 0 Å². The van der Waals surface area contributed by atoms with Gasteiger partial charge in [0.1, 0.15) is 5.75 Å². The molecule has 0 N–H and O–H groups in total. The summed E-state index contributed by atoms with van der Waals surface area (Å²) < 4.78 is 5.80. The number of aryl methyl sites for hydroxylation is 2. The molecule has 16 heavy (non-hydrogen) atoms. The molecule has 1 aliphatic rings. The van der Waals surface area contributed by atoms with Crippen molar-refractivity contribution in [3.63, 3.8) is 0 Å². The Hall–Kier alpha value is -1.02. The molecule has 0 aliphatic carbocycles. The van der Waals surface area contributed by atoms with Gasteiger partial charge in [-0.1, -0.05) is 12.1 Å². The monoisotopic (exact) mass is 219 g/mol. The summed E-state index contributed by atoms with van der Waals surface area (Å²) in [7, 11) is 0. The van der Waals surface area contributed by atoms with E-state index in [1.165, 1.54) is 37.2 Å². The first-order valence-corrected chi connectivity index (χ1v) is 6.18. The minimum atomic E-state index is 0.845. The Balaban J connectivity index is 1.69. The lowest BCUT2D eigenvalue weighted by molar-refractivity contribution is 0.300. The smallest absolute Gasteiger partial charge is 0.122 e. The molecule has 0 amide bonds. The second kappa shape index (κ2) is 5.35. The van der Waals surface area contributed by atoms with Crippen molar-refractivity contribution in [3.8, 4) is 5.75 Å². The Kier molecular flexibility index (Phi) is 3.83. The lowest BCUT2D eigenvalue weighted by Gasteiger charge is -2.09. The lowest BCUT2D eigenvalue weighted by Crippen LogP contribution is -2.04. The molecule has 0 bridgehead atoms. The largest absolute Gasteiger partial charge is 0.493 e. The van der Waals surface area contributed by atoms with Crippen molar-refractivity contribution < 1.29 is 4.74 Å². The first-order chi connectivity index (χ1) is 7.75. The van der Waals surface area contributed by atoms with Crippen LogP contribution in [0, 0.1) is 13.8 Å². The predicted octanol–water partition coefficient (Wildman–Crippen LogP) is 2.78. The molecule has 0 radical (unpaired) electrons. The summed E-state index contributed by atoms with van der Waals surface area (Å²) in [4.78, 5) is 2.46. The van der Waals surface area contributed by atoms with E-state index in [2.05, 4.69) is 36.9 Å². The molecule has 1 fully saturated rings. The van der Waals surface area contributed by atoms with Gasteiger partial charge in [-0.05, 0) is 50.4 Å². The van der Waals surface area contributed by atoms with Crippen molar-refractivity contribution in [2.45, 2.75) is 26.7 Å². The van der Waals surface area contributed by atoms with Crippen LogP contribution in [0.3, 0.4) is 0 Å². The van der Waals surface area contributed by atoms with E-state index >= 15 is 0 Å². The average Bonchev–Trinajstić information content (AvgIpc) is 3.06. The molecule has 0 unspecified atom stereocenters. The Morgan fingerprint density at radius 1 is 1.19 bits per heavy atom. The van der Waals surface area contributed by atoms with Crippen molar-refractivity contribution in [2.24, 2.45) is 0 Å². The van der Waals surface area contributed by atoms with Crippen molar-refractivity contribution in [3.05, 3.63) is 29.3 Å². The maximum atomic E-state index is 5.80. The highest BCUT2D eigenvalue weighted by atomic mass is 16.5. The van der Waals surface area contributed by atoms with Gasteiger partial charge in [-0.2, -0.15) is 0 Å². The highest BCUT2D eigenvalue weighted by Crippen LogP contribution is 2.19. The van der Waals surface area contributed by atoms with Crippen LogP contribution < -0.4 is 4.74 Å². The normalized spacial score (nSPS) is 15.1. The lowest BCUT2D eigenvalue weighted by atomic mass is 10.1. The third kappa shape index (κ3) is 3.53. The second-order valence-electron chi connectivity index (χ2n) is 4.67. The molecule has 1 saturated heterocycles. The zero-order chi connectivity index (χ0) is 11.4. The van der Waals surface area contributed by atoms with Gasteiger partial charge in [-0.25, -0.2) is 0 Å². The van der Waals surface area contributed by atoms with Crippen molar-refractivity contribution >= 4 is 0 Å². The van der Waals surface area contributed by atoms with E-state index in [1.807, 2.05) is 0 Å². The van der Waals surface area contributed by atoms with Crippen LogP contribution >= 0.6 is 0 Å². The summed E-state index contributed by atoms with van der Waals surface area (Å²) in [5.41, 5.74) is 2.50. The predicted molar refractivity (Wildman–Crippen MR) is 67.1 cm³/mol. The minimum Gasteiger partial charge on any atom is -0.493 e. The topological polar surface area (TPSA) is 12.2 Å². The third-order valence-corrected chi connectivity index (χ3v) is 3.01. The maximum Gasteiger partial charge on any atom is 0.122 e. The first-order valence-electron chi connectivity index (χ1n) is 6.18. The zero-order valence-corrected chi connectivity index (χ0v) is 10.3. The molecule has 1 heterocycles. The molecule has 0 saturated carbocycles. The van der Waals surface area contributed by atoms with Crippen LogP contribution in [0.4, 0.5) is 0 Å². The molecule has 2 heteroatoms. The number of hydrogen-bond donors (Lipinski definition) is 0. The van der Waals surface area contributed by atoms with Crippen LogP contribution in [-0.4, -0.2) is 31.1 Å². The van der Waals surface area contributed by atoms with E-state index < -0.39 is 0 Å². The molecule has 1 aromatic carbocycles. The van der Waals surface area contributed by atoms with E-state index in [4.69, 9.17) is 4.74 Å². The summed E-state index contributed by atoms with van der Waals surface area (Å²) >= 11 is 0. The number of rotatable bonds is 6. The molecule has 88 valence electrons. The van der Waals surface area contributed by atoms with Crippen LogP contribution in [-0.2, 0) is 0 Å². The minimum absolute atomic E-state index is 0.845. The molecule has 1 aliphatic heterocycles. The van der Waals surface area contributed by atoms with Crippen LogP contribution in [0.15, 0.2) is 18.2 Å². The van der Waals surface area contributed by atoms with Gasteiger partial charge in [-0.15, -0.1) is 0 Å². The zero-order valence-electron chi connectivity index (χ0n) is 10.3. The number of nitrogens with zero attached hydrogens (tertiary/aromatic N) is 1. The third-order valence-electron chi connectivity index (χ3n) is 3.01. The highest BCUT2D eigenvalue weighted by Gasteiger charge is 2.15. The molecule has 0 spiro atoms. The van der Waals surface area contributed by atoms with Gasteiger partial charge in [0.2, 0.25) is 0 Å². The van der Waals surface area contributed by atoms with Gasteiger partial charge in [0.15, 0.2) is 0 Å². The second-order valence-corrected chi connectivity index (χ2v) is 4.67. The SMILES string of the molecule is Cc1ccc(C)c(OCCCCN2CC2)c1. The molecule has 0 aromatic heterocycles. The fourth-order valence-electron chi connectivity index (χ4n) is 1.78. The van der Waals surface area contributed by atoms with Crippen molar-refractivity contribution in [2.75, 3.05) is 26.2 Å². The summed E-state index contributed by atoms with van der Waals surface area (Å²) in [6.45, 7) is 8.90. The van der Waals surface area contributed by atoms with Gasteiger partial charge < -0.3 is 9.64 Å². The number of benzene rings is 1. The summed E-state index contributed by atoms with van der Waals surface area (Å²) in [5.74, 6) is 1.05. The maximum absolute atomic E-state index is 5.80. The Morgan fingerprint density at radius 3 is 2.75 bits per heavy atom. The standard InChI is InChI=1S/C14H21NO/c1-12-5-6-13(2)14(11-12)16-10-4-3-7-15-8-9-15/h5-6,11H,3-4,7-10H2,1-2H3. The highest BCUT2D eigenvalue weighted by molar-refractivity contribution is 5.35. The quantitative estimate of drug-likeness (QED) is 0.539. The fourth-order valence-corrected chi connectivity index (χ4v) is 1.78. The number of unbranched alkanes of at least 4 members (excludes halogenated alkanes) is 1. The van der Waals surface area contributed by atoms with E-state index in [-0.39, 0.29) is 0 Å². The Labute approximate surface area is 98.2 Å². The van der Waals surface area contributed by atoms with Gasteiger partial charge in [-0.3, -0.25) is 0 Å². The number of hydrogen-bond acceptors (Lipinski definition) is 2. The molecule has 1 aromatic rings. The van der Waals surface area contributed by atoms with Crippen molar-refractivity contribution in [1.82, 2.24) is 4.90 Å². The average molecular weight is 219 g/mol. The molecule has 2 nitrogen and oxygen atoms in total. The van der Waals surface area contributed by atoms with E-state index in [9.17, 15) is 0 Å².